The van der Waals surface area contributed by atoms with Crippen molar-refractivity contribution in [2.24, 2.45) is 5.92 Å². The molecule has 0 radical (unpaired) electrons. The second-order valence-corrected chi connectivity index (χ2v) is 7.55. The Morgan fingerprint density at radius 2 is 1.85 bits per heavy atom. The lowest BCUT2D eigenvalue weighted by molar-refractivity contribution is -0.117. The van der Waals surface area contributed by atoms with Crippen LogP contribution in [0.2, 0.25) is 0 Å². The number of pyridine rings is 1. The largest absolute Gasteiger partial charge is 0.357 e. The minimum atomic E-state index is -0.0418. The van der Waals surface area contributed by atoms with Gasteiger partial charge in [0.15, 0.2) is 0 Å². The van der Waals surface area contributed by atoms with Crippen molar-refractivity contribution in [1.29, 1.82) is 0 Å². The normalized spacial score (nSPS) is 27.7. The van der Waals surface area contributed by atoms with Crippen molar-refractivity contribution in [3.05, 3.63) is 18.3 Å². The highest BCUT2D eigenvalue weighted by molar-refractivity contribution is 5.95. The van der Waals surface area contributed by atoms with E-state index in [1.807, 2.05) is 12.1 Å². The molecule has 1 aliphatic carbocycles. The summed E-state index contributed by atoms with van der Waals surface area (Å²) in [6.45, 7) is 2.18. The molecule has 5 nitrogen and oxygen atoms in total. The first-order valence-electron chi connectivity index (χ1n) is 9.57. The number of carbonyl (C=O) groups is 1. The van der Waals surface area contributed by atoms with Crippen LogP contribution >= 0.6 is 24.8 Å². The van der Waals surface area contributed by atoms with E-state index in [0.29, 0.717) is 12.0 Å². The van der Waals surface area contributed by atoms with Crippen LogP contribution in [-0.2, 0) is 4.79 Å². The number of anilines is 2. The van der Waals surface area contributed by atoms with Crippen LogP contribution in [0.5, 0.6) is 0 Å². The average molecular weight is 401 g/mol. The van der Waals surface area contributed by atoms with Crippen molar-refractivity contribution in [3.63, 3.8) is 0 Å². The van der Waals surface area contributed by atoms with Gasteiger partial charge < -0.3 is 15.5 Å². The highest BCUT2D eigenvalue weighted by Gasteiger charge is 2.38. The number of piperidine rings is 1. The number of hydrogen-bond acceptors (Lipinski definition) is 4. The van der Waals surface area contributed by atoms with Gasteiger partial charge in [-0.2, -0.15) is 0 Å². The molecule has 1 aromatic rings. The third kappa shape index (κ3) is 4.81. The van der Waals surface area contributed by atoms with E-state index in [4.69, 9.17) is 0 Å². The fourth-order valence-corrected chi connectivity index (χ4v) is 4.52. The van der Waals surface area contributed by atoms with Crippen LogP contribution in [0.15, 0.2) is 18.3 Å². The average Bonchev–Trinajstić information content (AvgIpc) is 3.07. The maximum Gasteiger partial charge on any atom is 0.241 e. The van der Waals surface area contributed by atoms with Gasteiger partial charge in [0.25, 0.3) is 0 Å². The monoisotopic (exact) mass is 400 g/mol. The summed E-state index contributed by atoms with van der Waals surface area (Å²) in [5.41, 5.74) is 0.803. The summed E-state index contributed by atoms with van der Waals surface area (Å²) in [4.78, 5) is 19.4. The van der Waals surface area contributed by atoms with E-state index >= 15 is 0 Å². The van der Waals surface area contributed by atoms with Crippen molar-refractivity contribution in [2.75, 3.05) is 23.3 Å². The van der Waals surface area contributed by atoms with E-state index in [-0.39, 0.29) is 36.8 Å². The van der Waals surface area contributed by atoms with Gasteiger partial charge in [-0.05, 0) is 56.6 Å². The molecule has 1 amide bonds. The zero-order chi connectivity index (χ0) is 16.4. The van der Waals surface area contributed by atoms with E-state index < -0.39 is 0 Å². The molecule has 3 unspecified atom stereocenters. The standard InChI is InChI=1S/C19H28N4O.2ClH/c24-19(17-12-14-6-2-3-7-16(14)22-17)21-15-8-9-18(20-13-15)23-10-4-1-5-11-23;;/h8-9,13-14,16-17,22H,1-7,10-12H2,(H,21,24);2*1H. The smallest absolute Gasteiger partial charge is 0.241 e. The van der Waals surface area contributed by atoms with Gasteiger partial charge in [0.2, 0.25) is 5.91 Å². The number of halogens is 2. The maximum absolute atomic E-state index is 12.5. The molecule has 4 rings (SSSR count). The van der Waals surface area contributed by atoms with Crippen LogP contribution in [0, 0.1) is 5.92 Å². The molecule has 146 valence electrons. The Morgan fingerprint density at radius 3 is 2.54 bits per heavy atom. The predicted molar refractivity (Wildman–Crippen MR) is 111 cm³/mol. The molecular weight excluding hydrogens is 371 g/mol. The second kappa shape index (κ2) is 9.77. The third-order valence-electron chi connectivity index (χ3n) is 5.87. The number of rotatable bonds is 3. The van der Waals surface area contributed by atoms with Crippen LogP contribution in [0.25, 0.3) is 0 Å². The summed E-state index contributed by atoms with van der Waals surface area (Å²) in [7, 11) is 0. The minimum absolute atomic E-state index is 0. The molecular formula is C19H30Cl2N4O. The van der Waals surface area contributed by atoms with Crippen LogP contribution in [0.4, 0.5) is 11.5 Å². The molecule has 7 heteroatoms. The van der Waals surface area contributed by atoms with Gasteiger partial charge >= 0.3 is 0 Å². The van der Waals surface area contributed by atoms with Crippen molar-refractivity contribution in [2.45, 2.75) is 63.5 Å². The molecule has 0 aromatic carbocycles. The lowest BCUT2D eigenvalue weighted by Gasteiger charge is -2.27. The Bertz CT molecular complexity index is 563. The van der Waals surface area contributed by atoms with E-state index in [1.54, 1.807) is 6.20 Å². The lowest BCUT2D eigenvalue weighted by atomic mass is 9.85. The molecule has 3 fully saturated rings. The Morgan fingerprint density at radius 1 is 1.08 bits per heavy atom. The van der Waals surface area contributed by atoms with Gasteiger partial charge in [-0.25, -0.2) is 4.98 Å². The first-order valence-corrected chi connectivity index (χ1v) is 9.57. The van der Waals surface area contributed by atoms with Crippen LogP contribution in [0.1, 0.15) is 51.4 Å². The van der Waals surface area contributed by atoms with Gasteiger partial charge in [0.1, 0.15) is 5.82 Å². The van der Waals surface area contributed by atoms with E-state index in [1.165, 1.54) is 44.9 Å². The Kier molecular flexibility index (Phi) is 7.99. The molecule has 0 spiro atoms. The number of nitrogens with one attached hydrogen (secondary N) is 2. The van der Waals surface area contributed by atoms with Crippen LogP contribution < -0.4 is 15.5 Å². The molecule has 26 heavy (non-hydrogen) atoms. The summed E-state index contributed by atoms with van der Waals surface area (Å²) in [5.74, 6) is 1.81. The summed E-state index contributed by atoms with van der Waals surface area (Å²) in [5, 5.41) is 6.58. The topological polar surface area (TPSA) is 57.3 Å². The van der Waals surface area contributed by atoms with Crippen molar-refractivity contribution in [1.82, 2.24) is 10.3 Å². The first-order chi connectivity index (χ1) is 11.8. The number of aromatic nitrogens is 1. The minimum Gasteiger partial charge on any atom is -0.357 e. The fraction of sp³-hybridized carbons (Fsp3) is 0.684. The summed E-state index contributed by atoms with van der Waals surface area (Å²) >= 11 is 0. The summed E-state index contributed by atoms with van der Waals surface area (Å²) in [6.07, 6.45) is 11.7. The Balaban J connectivity index is 0.00000121. The van der Waals surface area contributed by atoms with Gasteiger partial charge in [-0.15, -0.1) is 24.8 Å². The molecule has 1 saturated carbocycles. The molecule has 3 atom stereocenters. The zero-order valence-electron chi connectivity index (χ0n) is 15.2. The van der Waals surface area contributed by atoms with Crippen LogP contribution in [-0.4, -0.2) is 36.1 Å². The van der Waals surface area contributed by atoms with Gasteiger partial charge in [0, 0.05) is 19.1 Å². The number of hydrogen-bond donors (Lipinski definition) is 2. The molecule has 1 aromatic heterocycles. The van der Waals surface area contributed by atoms with E-state index in [2.05, 4.69) is 20.5 Å². The lowest BCUT2D eigenvalue weighted by Crippen LogP contribution is -2.39. The Labute approximate surface area is 168 Å². The SMILES string of the molecule is Cl.Cl.O=C(Nc1ccc(N2CCCCC2)nc1)C1CC2CCCCC2N1. The van der Waals surface area contributed by atoms with Crippen molar-refractivity contribution < 1.29 is 4.79 Å². The molecule has 2 aliphatic heterocycles. The highest BCUT2D eigenvalue weighted by atomic mass is 35.5. The van der Waals surface area contributed by atoms with Gasteiger partial charge in [-0.3, -0.25) is 4.79 Å². The predicted octanol–water partition coefficient (Wildman–Crippen LogP) is 3.77. The zero-order valence-corrected chi connectivity index (χ0v) is 16.8. The molecule has 2 N–H and O–H groups in total. The van der Waals surface area contributed by atoms with Crippen LogP contribution in [0.3, 0.4) is 0 Å². The fourth-order valence-electron chi connectivity index (χ4n) is 4.52. The van der Waals surface area contributed by atoms with E-state index in [0.717, 1.165) is 31.0 Å². The number of amides is 1. The first kappa shape index (κ1) is 21.3. The van der Waals surface area contributed by atoms with Gasteiger partial charge in [-0.1, -0.05) is 12.8 Å². The third-order valence-corrected chi connectivity index (χ3v) is 5.87. The quantitative estimate of drug-likeness (QED) is 0.810. The number of fused-ring (bicyclic) bond motifs is 1. The molecule has 3 heterocycles. The summed E-state index contributed by atoms with van der Waals surface area (Å²) < 4.78 is 0. The number of nitrogens with zero attached hydrogens (tertiary/aromatic N) is 2. The summed E-state index contributed by atoms with van der Waals surface area (Å²) in [6, 6.07) is 4.52. The second-order valence-electron chi connectivity index (χ2n) is 7.55. The maximum atomic E-state index is 12.5. The molecule has 0 bridgehead atoms. The van der Waals surface area contributed by atoms with Gasteiger partial charge in [0.05, 0.1) is 17.9 Å². The highest BCUT2D eigenvalue weighted by Crippen LogP contribution is 2.33. The van der Waals surface area contributed by atoms with Crippen molar-refractivity contribution in [3.8, 4) is 0 Å². The Hall–Kier alpha value is -1.04. The van der Waals surface area contributed by atoms with Crippen molar-refractivity contribution >= 4 is 42.2 Å². The molecule has 2 saturated heterocycles. The molecule has 3 aliphatic rings. The van der Waals surface area contributed by atoms with E-state index in [9.17, 15) is 4.79 Å². The number of carbonyl (C=O) groups excluding carboxylic acids is 1.